The van der Waals surface area contributed by atoms with Crippen molar-refractivity contribution in [3.8, 4) is 0 Å². The first-order valence-corrected chi connectivity index (χ1v) is 9.06. The topological polar surface area (TPSA) is 46.3 Å². The van der Waals surface area contributed by atoms with Crippen molar-refractivity contribution in [3.63, 3.8) is 0 Å². The first-order valence-electron chi connectivity index (χ1n) is 9.06. The molecule has 3 unspecified atom stereocenters. The number of aryl methyl sites for hydroxylation is 1. The third-order valence-electron chi connectivity index (χ3n) is 6.25. The van der Waals surface area contributed by atoms with Gasteiger partial charge in [-0.2, -0.15) is 0 Å². The first-order chi connectivity index (χ1) is 11.0. The molecule has 2 bridgehead atoms. The molecule has 0 saturated heterocycles. The molecule has 1 aromatic rings. The van der Waals surface area contributed by atoms with Crippen molar-refractivity contribution in [1.82, 2.24) is 4.90 Å². The number of nitrogens with two attached hydrogens (primary N) is 1. The van der Waals surface area contributed by atoms with Gasteiger partial charge in [0.15, 0.2) is 0 Å². The van der Waals surface area contributed by atoms with Crippen molar-refractivity contribution in [2.75, 3.05) is 7.05 Å². The van der Waals surface area contributed by atoms with Gasteiger partial charge in [0.2, 0.25) is 5.91 Å². The van der Waals surface area contributed by atoms with Crippen molar-refractivity contribution in [3.05, 3.63) is 35.4 Å². The Labute approximate surface area is 152 Å². The highest BCUT2D eigenvalue weighted by Crippen LogP contribution is 2.42. The number of carbonyl (C=O) groups is 1. The van der Waals surface area contributed by atoms with E-state index in [1.165, 1.54) is 30.4 Å². The van der Waals surface area contributed by atoms with Gasteiger partial charge in [0, 0.05) is 19.0 Å². The highest BCUT2D eigenvalue weighted by Gasteiger charge is 2.41. The second-order valence-electron chi connectivity index (χ2n) is 7.73. The van der Waals surface area contributed by atoms with E-state index in [4.69, 9.17) is 5.73 Å². The second-order valence-corrected chi connectivity index (χ2v) is 7.73. The van der Waals surface area contributed by atoms with Gasteiger partial charge < -0.3 is 10.6 Å². The molecule has 1 amide bonds. The number of halogens is 1. The van der Waals surface area contributed by atoms with Gasteiger partial charge in [-0.1, -0.05) is 36.2 Å². The Morgan fingerprint density at radius 3 is 2.25 bits per heavy atom. The van der Waals surface area contributed by atoms with E-state index in [0.717, 1.165) is 12.8 Å². The van der Waals surface area contributed by atoms with Gasteiger partial charge in [-0.15, -0.1) is 12.4 Å². The van der Waals surface area contributed by atoms with Crippen molar-refractivity contribution in [2.45, 2.75) is 58.0 Å². The quantitative estimate of drug-likeness (QED) is 0.892. The van der Waals surface area contributed by atoms with Crippen LogP contribution in [0.15, 0.2) is 24.3 Å². The van der Waals surface area contributed by atoms with Crippen molar-refractivity contribution in [2.24, 2.45) is 23.5 Å². The smallest absolute Gasteiger partial charge is 0.225 e. The summed E-state index contributed by atoms with van der Waals surface area (Å²) in [6.45, 7) is 4.21. The van der Waals surface area contributed by atoms with E-state index in [1.54, 1.807) is 0 Å². The zero-order valence-electron chi connectivity index (χ0n) is 15.1. The van der Waals surface area contributed by atoms with E-state index in [0.29, 0.717) is 23.8 Å². The van der Waals surface area contributed by atoms with Crippen LogP contribution in [0.2, 0.25) is 0 Å². The molecule has 3 atom stereocenters. The number of rotatable bonds is 3. The lowest BCUT2D eigenvalue weighted by molar-refractivity contribution is -0.139. The molecular weight excluding hydrogens is 320 g/mol. The summed E-state index contributed by atoms with van der Waals surface area (Å²) < 4.78 is 0. The molecule has 24 heavy (non-hydrogen) atoms. The predicted molar refractivity (Wildman–Crippen MR) is 101 cm³/mol. The van der Waals surface area contributed by atoms with Crippen molar-refractivity contribution >= 4 is 18.3 Å². The van der Waals surface area contributed by atoms with Gasteiger partial charge in [0.1, 0.15) is 0 Å². The highest BCUT2D eigenvalue weighted by molar-refractivity contribution is 5.85. The second kappa shape index (κ2) is 7.88. The standard InChI is InChI=1S/C20H30N2O.ClH/c1-13-7-9-15(10-8-13)14(2)22(3)20(23)18-11-16-5-4-6-17(12-18)19(16)21;/h7-10,14,16-19H,4-6,11-12,21H2,1-3H3;1H. The van der Waals surface area contributed by atoms with E-state index in [-0.39, 0.29) is 24.4 Å². The number of carbonyl (C=O) groups excluding carboxylic acids is 1. The molecule has 0 spiro atoms. The van der Waals surface area contributed by atoms with E-state index >= 15 is 0 Å². The Morgan fingerprint density at radius 2 is 1.71 bits per heavy atom. The number of amides is 1. The highest BCUT2D eigenvalue weighted by atomic mass is 35.5. The summed E-state index contributed by atoms with van der Waals surface area (Å²) in [6.07, 6.45) is 5.68. The Kier molecular flexibility index (Phi) is 6.33. The molecule has 2 N–H and O–H groups in total. The molecule has 3 rings (SSSR count). The van der Waals surface area contributed by atoms with E-state index in [9.17, 15) is 4.79 Å². The minimum atomic E-state index is 0. The van der Waals surface area contributed by atoms with Crippen LogP contribution in [-0.4, -0.2) is 23.9 Å². The van der Waals surface area contributed by atoms with Gasteiger partial charge in [0.05, 0.1) is 6.04 Å². The Hall–Kier alpha value is -1.06. The average molecular weight is 351 g/mol. The fourth-order valence-corrected chi connectivity index (χ4v) is 4.54. The van der Waals surface area contributed by atoms with Crippen LogP contribution in [-0.2, 0) is 4.79 Å². The zero-order chi connectivity index (χ0) is 16.6. The third kappa shape index (κ3) is 3.78. The van der Waals surface area contributed by atoms with Gasteiger partial charge in [-0.05, 0) is 56.9 Å². The van der Waals surface area contributed by atoms with Crippen molar-refractivity contribution < 1.29 is 4.79 Å². The molecule has 0 radical (unpaired) electrons. The number of benzene rings is 1. The molecule has 0 aliphatic heterocycles. The van der Waals surface area contributed by atoms with Gasteiger partial charge >= 0.3 is 0 Å². The minimum absolute atomic E-state index is 0. The molecule has 2 saturated carbocycles. The number of fused-ring (bicyclic) bond motifs is 2. The molecule has 3 nitrogen and oxygen atoms in total. The summed E-state index contributed by atoms with van der Waals surface area (Å²) in [4.78, 5) is 14.9. The largest absolute Gasteiger partial charge is 0.339 e. The summed E-state index contributed by atoms with van der Waals surface area (Å²) in [5.41, 5.74) is 8.82. The number of hydrogen-bond acceptors (Lipinski definition) is 2. The van der Waals surface area contributed by atoms with Crippen LogP contribution in [0, 0.1) is 24.7 Å². The van der Waals surface area contributed by atoms with Gasteiger partial charge in [-0.25, -0.2) is 0 Å². The molecule has 0 aromatic heterocycles. The fourth-order valence-electron chi connectivity index (χ4n) is 4.54. The monoisotopic (exact) mass is 350 g/mol. The normalized spacial score (nSPS) is 30.2. The summed E-state index contributed by atoms with van der Waals surface area (Å²) in [6, 6.07) is 8.96. The minimum Gasteiger partial charge on any atom is -0.339 e. The summed E-state index contributed by atoms with van der Waals surface area (Å²) in [5.74, 6) is 1.59. The Bertz CT molecular complexity index is 545. The van der Waals surface area contributed by atoms with E-state index in [2.05, 4.69) is 38.1 Å². The first kappa shape index (κ1) is 19.3. The summed E-state index contributed by atoms with van der Waals surface area (Å²) in [7, 11) is 1.96. The maximum absolute atomic E-state index is 13.0. The zero-order valence-corrected chi connectivity index (χ0v) is 15.9. The lowest BCUT2D eigenvalue weighted by Gasteiger charge is -2.44. The van der Waals surface area contributed by atoms with Crippen LogP contribution in [0.1, 0.15) is 56.2 Å². The molecule has 4 heteroatoms. The van der Waals surface area contributed by atoms with Gasteiger partial charge in [0.25, 0.3) is 0 Å². The van der Waals surface area contributed by atoms with Crippen LogP contribution in [0.25, 0.3) is 0 Å². The fraction of sp³-hybridized carbons (Fsp3) is 0.650. The van der Waals surface area contributed by atoms with Crippen LogP contribution in [0.4, 0.5) is 0 Å². The Morgan fingerprint density at radius 1 is 1.17 bits per heavy atom. The lowest BCUT2D eigenvalue weighted by atomic mass is 9.65. The third-order valence-corrected chi connectivity index (χ3v) is 6.25. The van der Waals surface area contributed by atoms with Crippen LogP contribution < -0.4 is 5.73 Å². The number of hydrogen-bond donors (Lipinski definition) is 1. The molecular formula is C20H31ClN2O. The van der Waals surface area contributed by atoms with E-state index < -0.39 is 0 Å². The average Bonchev–Trinajstić information content (AvgIpc) is 2.53. The number of nitrogens with zero attached hydrogens (tertiary/aromatic N) is 1. The molecule has 0 heterocycles. The maximum Gasteiger partial charge on any atom is 0.225 e. The lowest BCUT2D eigenvalue weighted by Crippen LogP contribution is -2.49. The molecule has 134 valence electrons. The van der Waals surface area contributed by atoms with Crippen LogP contribution in [0.5, 0.6) is 0 Å². The Balaban J connectivity index is 0.00000208. The van der Waals surface area contributed by atoms with Crippen molar-refractivity contribution in [1.29, 1.82) is 0 Å². The van der Waals surface area contributed by atoms with E-state index in [1.807, 2.05) is 11.9 Å². The maximum atomic E-state index is 13.0. The molecule has 1 aromatic carbocycles. The molecule has 2 aliphatic rings. The molecule has 2 aliphatic carbocycles. The summed E-state index contributed by atoms with van der Waals surface area (Å²) in [5, 5.41) is 0. The van der Waals surface area contributed by atoms with Gasteiger partial charge in [-0.3, -0.25) is 4.79 Å². The van der Waals surface area contributed by atoms with Crippen LogP contribution in [0.3, 0.4) is 0 Å². The predicted octanol–water partition coefficient (Wildman–Crippen LogP) is 4.09. The van der Waals surface area contributed by atoms with Crippen LogP contribution >= 0.6 is 12.4 Å². The summed E-state index contributed by atoms with van der Waals surface area (Å²) >= 11 is 0. The SMILES string of the molecule is Cc1ccc(C(C)N(C)C(=O)C2CC3CCCC(C2)C3N)cc1.Cl. The molecule has 2 fully saturated rings.